The van der Waals surface area contributed by atoms with Crippen molar-refractivity contribution in [3.63, 3.8) is 0 Å². The van der Waals surface area contributed by atoms with Gasteiger partial charge in [0.15, 0.2) is 11.6 Å². The van der Waals surface area contributed by atoms with E-state index in [1.54, 1.807) is 13.2 Å². The van der Waals surface area contributed by atoms with Crippen molar-refractivity contribution in [1.82, 2.24) is 0 Å². The maximum Gasteiger partial charge on any atom is 0.169 e. The minimum Gasteiger partial charge on any atom is -0.496 e. The summed E-state index contributed by atoms with van der Waals surface area (Å²) < 4.78 is 10.5. The average molecular weight is 190 g/mol. The van der Waals surface area contributed by atoms with Crippen molar-refractivity contribution in [3.05, 3.63) is 30.0 Å². The Kier molecular flexibility index (Phi) is 1.89. The first kappa shape index (κ1) is 8.62. The normalized spacial score (nSPS) is 10.4. The van der Waals surface area contributed by atoms with Crippen LogP contribution >= 0.6 is 0 Å². The van der Waals surface area contributed by atoms with Crippen LogP contribution in [0.3, 0.4) is 0 Å². The van der Waals surface area contributed by atoms with Gasteiger partial charge >= 0.3 is 0 Å². The van der Waals surface area contributed by atoms with Crippen LogP contribution in [0.25, 0.3) is 11.0 Å². The molecule has 0 amide bonds. The van der Waals surface area contributed by atoms with E-state index in [2.05, 4.69) is 0 Å². The predicted octanol–water partition coefficient (Wildman–Crippen LogP) is 1.73. The van der Waals surface area contributed by atoms with Crippen LogP contribution in [0.1, 0.15) is 5.76 Å². The van der Waals surface area contributed by atoms with Crippen molar-refractivity contribution < 1.29 is 9.15 Å². The fraction of sp³-hybridized carbons (Fsp3) is 0.100. The van der Waals surface area contributed by atoms with Gasteiger partial charge in [0.25, 0.3) is 0 Å². The maximum atomic E-state index is 7.24. The summed E-state index contributed by atoms with van der Waals surface area (Å²) in [4.78, 5) is 0. The van der Waals surface area contributed by atoms with Crippen molar-refractivity contribution >= 4 is 16.8 Å². The molecule has 0 spiro atoms. The molecule has 0 radical (unpaired) electrons. The van der Waals surface area contributed by atoms with E-state index in [1.807, 2.05) is 18.2 Å². The molecule has 0 aliphatic heterocycles. The van der Waals surface area contributed by atoms with E-state index in [0.717, 1.165) is 11.1 Å². The lowest BCUT2D eigenvalue weighted by molar-refractivity contribution is 0.419. The monoisotopic (exact) mass is 190 g/mol. The third-order valence-electron chi connectivity index (χ3n) is 2.01. The number of furan rings is 1. The Morgan fingerprint density at radius 2 is 2.29 bits per heavy atom. The second kappa shape index (κ2) is 3.06. The first-order valence-corrected chi connectivity index (χ1v) is 4.13. The van der Waals surface area contributed by atoms with Gasteiger partial charge in [0.05, 0.1) is 12.5 Å². The fourth-order valence-electron chi connectivity index (χ4n) is 1.34. The molecule has 3 N–H and O–H groups in total. The van der Waals surface area contributed by atoms with Gasteiger partial charge in [-0.3, -0.25) is 5.41 Å². The molecule has 1 aromatic carbocycles. The number of nitrogen functional groups attached to an aromatic ring is 1. The number of rotatable bonds is 2. The summed E-state index contributed by atoms with van der Waals surface area (Å²) in [5, 5.41) is 8.07. The number of nitrogens with two attached hydrogens (primary N) is 1. The molecule has 1 aromatic heterocycles. The van der Waals surface area contributed by atoms with E-state index >= 15 is 0 Å². The van der Waals surface area contributed by atoms with Gasteiger partial charge in [0.2, 0.25) is 0 Å². The van der Waals surface area contributed by atoms with Crippen molar-refractivity contribution in [1.29, 1.82) is 5.41 Å². The van der Waals surface area contributed by atoms with Gasteiger partial charge in [-0.2, -0.15) is 0 Å². The Hall–Kier alpha value is -1.97. The Morgan fingerprint density at radius 3 is 2.93 bits per heavy atom. The van der Waals surface area contributed by atoms with Crippen molar-refractivity contribution in [3.8, 4) is 5.75 Å². The van der Waals surface area contributed by atoms with Crippen LogP contribution in [0.15, 0.2) is 28.7 Å². The molecule has 0 saturated carbocycles. The maximum absolute atomic E-state index is 7.24. The van der Waals surface area contributed by atoms with Crippen LogP contribution in [0, 0.1) is 5.41 Å². The van der Waals surface area contributed by atoms with E-state index in [0.29, 0.717) is 11.3 Å². The molecule has 0 fully saturated rings. The minimum absolute atomic E-state index is 0.0803. The van der Waals surface area contributed by atoms with Crippen LogP contribution in [0.2, 0.25) is 0 Å². The summed E-state index contributed by atoms with van der Waals surface area (Å²) in [5.41, 5.74) is 5.99. The highest BCUT2D eigenvalue weighted by molar-refractivity contribution is 5.98. The third-order valence-corrected chi connectivity index (χ3v) is 2.01. The van der Waals surface area contributed by atoms with Crippen LogP contribution in [0.5, 0.6) is 5.75 Å². The smallest absolute Gasteiger partial charge is 0.169 e. The zero-order chi connectivity index (χ0) is 10.1. The minimum atomic E-state index is -0.0803. The number of amidine groups is 1. The van der Waals surface area contributed by atoms with Crippen molar-refractivity contribution in [2.75, 3.05) is 7.11 Å². The van der Waals surface area contributed by atoms with E-state index < -0.39 is 0 Å². The van der Waals surface area contributed by atoms with Crippen LogP contribution in [-0.2, 0) is 0 Å². The molecule has 0 saturated heterocycles. The Labute approximate surface area is 80.8 Å². The largest absolute Gasteiger partial charge is 0.496 e. The summed E-state index contributed by atoms with van der Waals surface area (Å²) in [6.45, 7) is 0. The summed E-state index contributed by atoms with van der Waals surface area (Å²) in [6.07, 6.45) is 0. The van der Waals surface area contributed by atoms with Gasteiger partial charge < -0.3 is 14.9 Å². The number of benzene rings is 1. The molecule has 1 heterocycles. The molecule has 2 rings (SSSR count). The van der Waals surface area contributed by atoms with Crippen molar-refractivity contribution in [2.24, 2.45) is 5.73 Å². The molecule has 72 valence electrons. The Morgan fingerprint density at radius 1 is 1.50 bits per heavy atom. The molecular formula is C10H10N2O2. The molecule has 0 bridgehead atoms. The lowest BCUT2D eigenvalue weighted by Gasteiger charge is -1.98. The molecule has 4 nitrogen and oxygen atoms in total. The van der Waals surface area contributed by atoms with Gasteiger partial charge in [-0.1, -0.05) is 6.07 Å². The summed E-state index contributed by atoms with van der Waals surface area (Å²) >= 11 is 0. The second-order valence-electron chi connectivity index (χ2n) is 2.90. The lowest BCUT2D eigenvalue weighted by atomic mass is 10.2. The summed E-state index contributed by atoms with van der Waals surface area (Å²) in [6, 6.07) is 7.18. The topological polar surface area (TPSA) is 72.2 Å². The van der Waals surface area contributed by atoms with E-state index in [1.165, 1.54) is 0 Å². The number of fused-ring (bicyclic) bond motifs is 1. The van der Waals surface area contributed by atoms with Gasteiger partial charge in [0, 0.05) is 0 Å². The highest BCUT2D eigenvalue weighted by atomic mass is 16.5. The quantitative estimate of drug-likeness (QED) is 0.559. The van der Waals surface area contributed by atoms with Crippen LogP contribution in [-0.4, -0.2) is 12.9 Å². The average Bonchev–Trinajstić information content (AvgIpc) is 2.60. The molecule has 0 aliphatic rings. The number of hydrogen-bond donors (Lipinski definition) is 2. The van der Waals surface area contributed by atoms with Crippen LogP contribution < -0.4 is 10.5 Å². The molecule has 0 unspecified atom stereocenters. The van der Waals surface area contributed by atoms with Crippen molar-refractivity contribution in [2.45, 2.75) is 0 Å². The molecular weight excluding hydrogens is 180 g/mol. The molecule has 14 heavy (non-hydrogen) atoms. The van der Waals surface area contributed by atoms with Gasteiger partial charge in [-0.15, -0.1) is 0 Å². The Balaban J connectivity index is 2.70. The summed E-state index contributed by atoms with van der Waals surface area (Å²) in [7, 11) is 1.59. The summed E-state index contributed by atoms with van der Waals surface area (Å²) in [5.74, 6) is 1.01. The van der Waals surface area contributed by atoms with Gasteiger partial charge in [0.1, 0.15) is 11.3 Å². The molecule has 0 atom stereocenters. The first-order chi connectivity index (χ1) is 6.72. The predicted molar refractivity (Wildman–Crippen MR) is 53.8 cm³/mol. The van der Waals surface area contributed by atoms with E-state index in [4.69, 9.17) is 20.3 Å². The standard InChI is InChI=1S/C10H10N2O2/c1-13-7-3-2-4-8-6(7)5-9(14-8)10(11)12/h2-5H,1H3,(H3,11,12). The van der Waals surface area contributed by atoms with Gasteiger partial charge in [-0.05, 0) is 18.2 Å². The highest BCUT2D eigenvalue weighted by Crippen LogP contribution is 2.27. The highest BCUT2D eigenvalue weighted by Gasteiger charge is 2.09. The van der Waals surface area contributed by atoms with Gasteiger partial charge in [-0.25, -0.2) is 0 Å². The first-order valence-electron chi connectivity index (χ1n) is 4.13. The SMILES string of the molecule is COc1cccc2oc(C(=N)N)cc12. The third kappa shape index (κ3) is 1.21. The molecule has 0 aliphatic carbocycles. The molecule has 4 heteroatoms. The zero-order valence-electron chi connectivity index (χ0n) is 7.70. The number of hydrogen-bond acceptors (Lipinski definition) is 3. The lowest BCUT2D eigenvalue weighted by Crippen LogP contribution is -2.09. The molecule has 2 aromatic rings. The number of methoxy groups -OCH3 is 1. The van der Waals surface area contributed by atoms with E-state index in [9.17, 15) is 0 Å². The number of ether oxygens (including phenoxy) is 1. The zero-order valence-corrected chi connectivity index (χ0v) is 7.70. The van der Waals surface area contributed by atoms with Crippen LogP contribution in [0.4, 0.5) is 0 Å². The second-order valence-corrected chi connectivity index (χ2v) is 2.90. The fourth-order valence-corrected chi connectivity index (χ4v) is 1.34. The number of nitrogens with one attached hydrogen (secondary N) is 1. The van der Waals surface area contributed by atoms with E-state index in [-0.39, 0.29) is 5.84 Å². The Bertz CT molecular complexity index is 488.